The molecule has 1 amide bonds. The fourth-order valence-corrected chi connectivity index (χ4v) is 3.51. The molecule has 8 nitrogen and oxygen atoms in total. The molecule has 28 heavy (non-hydrogen) atoms. The molecule has 0 aliphatic carbocycles. The number of nitrogens with one attached hydrogen (secondary N) is 1. The predicted octanol–water partition coefficient (Wildman–Crippen LogP) is 3.60. The van der Waals surface area contributed by atoms with E-state index in [1.54, 1.807) is 18.2 Å². The Balaban J connectivity index is 1.72. The first-order valence-electron chi connectivity index (χ1n) is 8.70. The maximum Gasteiger partial charge on any atom is 0.341 e. The van der Waals surface area contributed by atoms with Crippen LogP contribution in [0.15, 0.2) is 42.5 Å². The Morgan fingerprint density at radius 3 is 2.57 bits per heavy atom. The molecule has 2 aromatic rings. The first-order chi connectivity index (χ1) is 13.5. The lowest BCUT2D eigenvalue weighted by molar-refractivity contribution is -0.384. The van der Waals surface area contributed by atoms with E-state index < -0.39 is 23.4 Å². The second-order valence-electron chi connectivity index (χ2n) is 6.26. The molecule has 1 saturated heterocycles. The third-order valence-corrected chi connectivity index (χ3v) is 5.28. The lowest BCUT2D eigenvalue weighted by atomic mass is 10.1. The molecule has 0 saturated carbocycles. The minimum atomic E-state index is -0.761. The monoisotopic (exact) mass is 495 g/mol. The molecule has 1 fully saturated rings. The molecule has 0 spiro atoms. The average molecular weight is 495 g/mol. The minimum absolute atomic E-state index is 0.0955. The smallest absolute Gasteiger partial charge is 0.341 e. The number of carbonyl (C=O) groups excluding carboxylic acids is 2. The summed E-state index contributed by atoms with van der Waals surface area (Å²) in [4.78, 5) is 37.2. The number of halogens is 1. The van der Waals surface area contributed by atoms with Crippen LogP contribution in [0.25, 0.3) is 0 Å². The SMILES string of the molecule is O=C(COC(=O)c1cc([N+](=O)[O-])ccc1N1CCCC1)Nc1ccccc1I. The number of non-ortho nitro benzene ring substituents is 1. The molecule has 146 valence electrons. The fraction of sp³-hybridized carbons (Fsp3) is 0.263. The number of esters is 1. The number of carbonyl (C=O) groups is 2. The third kappa shape index (κ3) is 4.77. The molecule has 1 aliphatic rings. The fourth-order valence-electron chi connectivity index (χ4n) is 2.99. The number of nitro groups is 1. The van der Waals surface area contributed by atoms with E-state index in [0.717, 1.165) is 29.5 Å². The first-order valence-corrected chi connectivity index (χ1v) is 9.78. The summed E-state index contributed by atoms with van der Waals surface area (Å²) >= 11 is 2.09. The number of amides is 1. The maximum atomic E-state index is 12.6. The molecule has 0 atom stereocenters. The van der Waals surface area contributed by atoms with Gasteiger partial charge in [-0.2, -0.15) is 0 Å². The molecule has 0 bridgehead atoms. The van der Waals surface area contributed by atoms with Crippen LogP contribution in [-0.4, -0.2) is 36.5 Å². The summed E-state index contributed by atoms with van der Waals surface area (Å²) in [6.45, 7) is 1.06. The van der Waals surface area contributed by atoms with Crippen LogP contribution in [0.4, 0.5) is 17.1 Å². The van der Waals surface area contributed by atoms with Crippen LogP contribution >= 0.6 is 22.6 Å². The standard InChI is InChI=1S/C19H18IN3O5/c20-15-5-1-2-6-16(15)21-18(24)12-28-19(25)14-11-13(23(26)27)7-8-17(14)22-9-3-4-10-22/h1-2,5-8,11H,3-4,9-10,12H2,(H,21,24). The van der Waals surface area contributed by atoms with Gasteiger partial charge in [-0.05, 0) is 53.6 Å². The molecule has 1 heterocycles. The van der Waals surface area contributed by atoms with E-state index in [-0.39, 0.29) is 11.3 Å². The van der Waals surface area contributed by atoms with Crippen LogP contribution in [0.1, 0.15) is 23.2 Å². The van der Waals surface area contributed by atoms with Crippen molar-refractivity contribution in [3.63, 3.8) is 0 Å². The van der Waals surface area contributed by atoms with Crippen LogP contribution < -0.4 is 10.2 Å². The van der Waals surface area contributed by atoms with Crippen molar-refractivity contribution in [1.82, 2.24) is 0 Å². The zero-order valence-corrected chi connectivity index (χ0v) is 17.0. The van der Waals surface area contributed by atoms with Crippen molar-refractivity contribution in [3.8, 4) is 0 Å². The van der Waals surface area contributed by atoms with Gasteiger partial charge in [0.15, 0.2) is 6.61 Å². The second-order valence-corrected chi connectivity index (χ2v) is 7.42. The van der Waals surface area contributed by atoms with Crippen LogP contribution in [0.2, 0.25) is 0 Å². The number of hydrogen-bond donors (Lipinski definition) is 1. The summed E-state index contributed by atoms with van der Waals surface area (Å²) in [5, 5.41) is 13.8. The Morgan fingerprint density at radius 2 is 1.89 bits per heavy atom. The Bertz CT molecular complexity index is 912. The predicted molar refractivity (Wildman–Crippen MR) is 113 cm³/mol. The first kappa shape index (κ1) is 20.1. The molecule has 1 N–H and O–H groups in total. The van der Waals surface area contributed by atoms with E-state index in [9.17, 15) is 19.7 Å². The molecular formula is C19H18IN3O5. The molecular weight excluding hydrogens is 477 g/mol. The van der Waals surface area contributed by atoms with Crippen molar-refractivity contribution < 1.29 is 19.2 Å². The quantitative estimate of drug-likeness (QED) is 0.285. The van der Waals surface area contributed by atoms with Gasteiger partial charge in [-0.15, -0.1) is 0 Å². The molecule has 3 rings (SSSR count). The van der Waals surface area contributed by atoms with Gasteiger partial charge in [-0.3, -0.25) is 14.9 Å². The lowest BCUT2D eigenvalue weighted by Gasteiger charge is -2.20. The Morgan fingerprint density at radius 1 is 1.18 bits per heavy atom. The summed E-state index contributed by atoms with van der Waals surface area (Å²) in [7, 11) is 0. The van der Waals surface area contributed by atoms with Crippen molar-refractivity contribution >= 4 is 51.5 Å². The minimum Gasteiger partial charge on any atom is -0.452 e. The van der Waals surface area contributed by atoms with Crippen LogP contribution in [0.3, 0.4) is 0 Å². The number of hydrogen-bond acceptors (Lipinski definition) is 6. The van der Waals surface area contributed by atoms with Gasteiger partial charge in [-0.25, -0.2) is 4.79 Å². The van der Waals surface area contributed by atoms with Crippen molar-refractivity contribution in [1.29, 1.82) is 0 Å². The average Bonchev–Trinajstić information content (AvgIpc) is 3.22. The Kier molecular flexibility index (Phi) is 6.45. The van der Waals surface area contributed by atoms with E-state index in [1.807, 2.05) is 17.0 Å². The number of rotatable bonds is 6. The van der Waals surface area contributed by atoms with Gasteiger partial charge in [-0.1, -0.05) is 12.1 Å². The maximum absolute atomic E-state index is 12.6. The topological polar surface area (TPSA) is 102 Å². The highest BCUT2D eigenvalue weighted by atomic mass is 127. The number of benzene rings is 2. The van der Waals surface area contributed by atoms with Crippen molar-refractivity contribution in [2.45, 2.75) is 12.8 Å². The summed E-state index contributed by atoms with van der Waals surface area (Å²) in [6, 6.07) is 11.4. The third-order valence-electron chi connectivity index (χ3n) is 4.34. The zero-order valence-electron chi connectivity index (χ0n) is 14.9. The summed E-state index contributed by atoms with van der Waals surface area (Å²) in [5.41, 5.74) is 1.11. The highest BCUT2D eigenvalue weighted by Gasteiger charge is 2.24. The van der Waals surface area contributed by atoms with Gasteiger partial charge in [0.2, 0.25) is 0 Å². The van der Waals surface area contributed by atoms with Crippen LogP contribution in [0.5, 0.6) is 0 Å². The highest BCUT2D eigenvalue weighted by Crippen LogP contribution is 2.29. The lowest BCUT2D eigenvalue weighted by Crippen LogP contribution is -2.24. The van der Waals surface area contributed by atoms with Gasteiger partial charge < -0.3 is 15.0 Å². The number of para-hydroxylation sites is 1. The molecule has 9 heteroatoms. The molecule has 1 aliphatic heterocycles. The van der Waals surface area contributed by atoms with Gasteiger partial charge in [0.1, 0.15) is 0 Å². The number of nitrogens with zero attached hydrogens (tertiary/aromatic N) is 2. The molecule has 0 radical (unpaired) electrons. The van der Waals surface area contributed by atoms with Gasteiger partial charge in [0.25, 0.3) is 11.6 Å². The second kappa shape index (κ2) is 9.00. The largest absolute Gasteiger partial charge is 0.452 e. The van der Waals surface area contributed by atoms with E-state index in [0.29, 0.717) is 11.4 Å². The summed E-state index contributed by atoms with van der Waals surface area (Å²) < 4.78 is 5.99. The van der Waals surface area contributed by atoms with E-state index in [4.69, 9.17) is 4.74 Å². The number of anilines is 2. The van der Waals surface area contributed by atoms with E-state index in [1.165, 1.54) is 12.1 Å². The van der Waals surface area contributed by atoms with Crippen LogP contribution in [-0.2, 0) is 9.53 Å². The summed E-state index contributed by atoms with van der Waals surface area (Å²) in [5.74, 6) is -1.24. The Labute approximate surface area is 175 Å². The van der Waals surface area contributed by atoms with Crippen molar-refractivity contribution in [2.75, 3.05) is 29.9 Å². The normalized spacial score (nSPS) is 13.2. The van der Waals surface area contributed by atoms with Crippen molar-refractivity contribution in [2.24, 2.45) is 0 Å². The zero-order chi connectivity index (χ0) is 20.1. The molecule has 0 aromatic heterocycles. The molecule has 2 aromatic carbocycles. The highest BCUT2D eigenvalue weighted by molar-refractivity contribution is 14.1. The van der Waals surface area contributed by atoms with E-state index >= 15 is 0 Å². The van der Waals surface area contributed by atoms with Gasteiger partial charge in [0.05, 0.1) is 21.9 Å². The number of ether oxygens (including phenoxy) is 1. The van der Waals surface area contributed by atoms with Crippen LogP contribution in [0, 0.1) is 13.7 Å². The molecule has 0 unspecified atom stereocenters. The van der Waals surface area contributed by atoms with Gasteiger partial charge >= 0.3 is 5.97 Å². The van der Waals surface area contributed by atoms with Crippen molar-refractivity contribution in [3.05, 3.63) is 61.7 Å². The number of nitro benzene ring substituents is 1. The Hall–Kier alpha value is -2.69. The summed E-state index contributed by atoms with van der Waals surface area (Å²) in [6.07, 6.45) is 1.98. The van der Waals surface area contributed by atoms with Gasteiger partial charge in [0, 0.05) is 28.8 Å². The van der Waals surface area contributed by atoms with E-state index in [2.05, 4.69) is 27.9 Å².